The number of alkyl halides is 1. The molecular weight excluding hydrogens is 350 g/mol. The van der Waals surface area contributed by atoms with Gasteiger partial charge in [-0.2, -0.15) is 0 Å². The molecule has 1 atom stereocenters. The first-order valence-corrected chi connectivity index (χ1v) is 7.56. The maximum atomic E-state index is 13.5. The maximum Gasteiger partial charge on any atom is 0.137 e. The summed E-state index contributed by atoms with van der Waals surface area (Å²) in [5.74, 6) is 0.318. The lowest BCUT2D eigenvalue weighted by molar-refractivity contribution is 0.615. The Hall–Kier alpha value is -0.570. The third-order valence-corrected chi connectivity index (χ3v) is 4.50. The van der Waals surface area contributed by atoms with E-state index in [1.54, 1.807) is 6.07 Å². The molecule has 0 N–H and O–H groups in total. The van der Waals surface area contributed by atoms with Gasteiger partial charge in [0, 0.05) is 16.8 Å². The van der Waals surface area contributed by atoms with Crippen molar-refractivity contribution in [1.29, 1.82) is 0 Å². The van der Waals surface area contributed by atoms with E-state index in [1.165, 1.54) is 6.07 Å². The van der Waals surface area contributed by atoms with Gasteiger partial charge in [-0.15, -0.1) is 11.6 Å². The molecule has 0 saturated heterocycles. The summed E-state index contributed by atoms with van der Waals surface area (Å²) in [5, 5.41) is 0.686. The van der Waals surface area contributed by atoms with Gasteiger partial charge in [-0.1, -0.05) is 35.9 Å². The number of rotatable bonds is 4. The summed E-state index contributed by atoms with van der Waals surface area (Å²) >= 11 is 15.3. The SMILES string of the molecule is Fc1cccc(CC(CCl)c2cccc(Cl)c2)c1Br. The average molecular weight is 362 g/mol. The summed E-state index contributed by atoms with van der Waals surface area (Å²) in [6.45, 7) is 0. The molecule has 0 aliphatic rings. The quantitative estimate of drug-likeness (QED) is 0.603. The van der Waals surface area contributed by atoms with Crippen LogP contribution in [0.5, 0.6) is 0 Å². The molecule has 0 nitrogen and oxygen atoms in total. The molecule has 0 radical (unpaired) electrons. The lowest BCUT2D eigenvalue weighted by Gasteiger charge is -2.16. The van der Waals surface area contributed by atoms with Gasteiger partial charge in [0.15, 0.2) is 0 Å². The third kappa shape index (κ3) is 3.71. The minimum Gasteiger partial charge on any atom is -0.206 e. The standard InChI is InChI=1S/C15H12BrCl2F/c16-15-11(4-2-6-14(15)19)7-12(9-17)10-3-1-5-13(18)8-10/h1-6,8,12H,7,9H2. The lowest BCUT2D eigenvalue weighted by Crippen LogP contribution is -2.05. The van der Waals surface area contributed by atoms with Crippen LogP contribution in [-0.2, 0) is 6.42 Å². The normalized spacial score (nSPS) is 12.4. The third-order valence-electron chi connectivity index (χ3n) is 3.00. The summed E-state index contributed by atoms with van der Waals surface area (Å²) in [6, 6.07) is 12.7. The first-order valence-electron chi connectivity index (χ1n) is 5.86. The van der Waals surface area contributed by atoms with E-state index in [4.69, 9.17) is 23.2 Å². The Kier molecular flexibility index (Phi) is 5.26. The predicted molar refractivity (Wildman–Crippen MR) is 82.7 cm³/mol. The first kappa shape index (κ1) is 14.8. The van der Waals surface area contributed by atoms with E-state index >= 15 is 0 Å². The molecule has 0 saturated carbocycles. The number of hydrogen-bond acceptors (Lipinski definition) is 0. The van der Waals surface area contributed by atoms with Crippen LogP contribution in [0.4, 0.5) is 4.39 Å². The second-order valence-corrected chi connectivity index (χ2v) is 5.86. The summed E-state index contributed by atoms with van der Waals surface area (Å²) in [7, 11) is 0. The zero-order valence-corrected chi connectivity index (χ0v) is 13.1. The molecule has 0 aliphatic heterocycles. The second kappa shape index (κ2) is 6.74. The molecule has 0 fully saturated rings. The fourth-order valence-electron chi connectivity index (χ4n) is 1.99. The van der Waals surface area contributed by atoms with Crippen LogP contribution in [-0.4, -0.2) is 5.88 Å². The van der Waals surface area contributed by atoms with E-state index in [9.17, 15) is 4.39 Å². The predicted octanol–water partition coefficient (Wildman–Crippen LogP) is 5.81. The van der Waals surface area contributed by atoms with E-state index < -0.39 is 0 Å². The van der Waals surface area contributed by atoms with Gasteiger partial charge in [0.1, 0.15) is 5.82 Å². The highest BCUT2D eigenvalue weighted by atomic mass is 79.9. The van der Waals surface area contributed by atoms with Crippen LogP contribution in [0.15, 0.2) is 46.9 Å². The first-order chi connectivity index (χ1) is 9.11. The molecule has 0 spiro atoms. The summed E-state index contributed by atoms with van der Waals surface area (Å²) in [6.07, 6.45) is 0.669. The molecule has 0 heterocycles. The fraction of sp³-hybridized carbons (Fsp3) is 0.200. The summed E-state index contributed by atoms with van der Waals surface area (Å²) in [5.41, 5.74) is 1.98. The van der Waals surface area contributed by atoms with Crippen LogP contribution in [0.2, 0.25) is 5.02 Å². The summed E-state index contributed by atoms with van der Waals surface area (Å²) in [4.78, 5) is 0. The van der Waals surface area contributed by atoms with Gasteiger partial charge in [0.05, 0.1) is 4.47 Å². The van der Waals surface area contributed by atoms with Crippen molar-refractivity contribution >= 4 is 39.1 Å². The van der Waals surface area contributed by atoms with Crippen molar-refractivity contribution in [1.82, 2.24) is 0 Å². The molecule has 1 unspecified atom stereocenters. The summed E-state index contributed by atoms with van der Waals surface area (Å²) < 4.78 is 14.0. The molecule has 0 amide bonds. The van der Waals surface area contributed by atoms with Gasteiger partial charge in [-0.25, -0.2) is 4.39 Å². The Morgan fingerprint density at radius 2 is 1.89 bits per heavy atom. The molecule has 0 bridgehead atoms. The van der Waals surface area contributed by atoms with E-state index in [-0.39, 0.29) is 11.7 Å². The van der Waals surface area contributed by atoms with Crippen molar-refractivity contribution in [2.24, 2.45) is 0 Å². The Morgan fingerprint density at radius 1 is 1.16 bits per heavy atom. The van der Waals surface area contributed by atoms with Crippen LogP contribution in [0.1, 0.15) is 17.0 Å². The minimum atomic E-state index is -0.253. The second-order valence-electron chi connectivity index (χ2n) is 4.32. The lowest BCUT2D eigenvalue weighted by atomic mass is 9.93. The van der Waals surface area contributed by atoms with Crippen LogP contribution in [0, 0.1) is 5.82 Å². The Balaban J connectivity index is 2.26. The highest BCUT2D eigenvalue weighted by Gasteiger charge is 2.14. The molecule has 0 aromatic heterocycles. The van der Waals surface area contributed by atoms with Gasteiger partial charge in [-0.05, 0) is 51.7 Å². The number of hydrogen-bond donors (Lipinski definition) is 0. The molecule has 2 aromatic carbocycles. The highest BCUT2D eigenvalue weighted by Crippen LogP contribution is 2.29. The molecule has 4 heteroatoms. The van der Waals surface area contributed by atoms with Crippen molar-refractivity contribution < 1.29 is 4.39 Å². The highest BCUT2D eigenvalue weighted by molar-refractivity contribution is 9.10. The van der Waals surface area contributed by atoms with Crippen molar-refractivity contribution in [3.63, 3.8) is 0 Å². The van der Waals surface area contributed by atoms with E-state index in [0.29, 0.717) is 21.8 Å². The fourth-order valence-corrected chi connectivity index (χ4v) is 2.91. The van der Waals surface area contributed by atoms with E-state index in [0.717, 1.165) is 11.1 Å². The van der Waals surface area contributed by atoms with Gasteiger partial charge in [-0.3, -0.25) is 0 Å². The van der Waals surface area contributed by atoms with Gasteiger partial charge < -0.3 is 0 Å². The molecule has 2 rings (SSSR count). The van der Waals surface area contributed by atoms with Crippen molar-refractivity contribution in [3.05, 3.63) is 68.9 Å². The van der Waals surface area contributed by atoms with Crippen molar-refractivity contribution in [2.75, 3.05) is 5.88 Å². The van der Waals surface area contributed by atoms with Crippen molar-refractivity contribution in [3.8, 4) is 0 Å². The zero-order chi connectivity index (χ0) is 13.8. The monoisotopic (exact) mass is 360 g/mol. The van der Waals surface area contributed by atoms with Crippen LogP contribution >= 0.6 is 39.1 Å². The van der Waals surface area contributed by atoms with E-state index in [1.807, 2.05) is 30.3 Å². The zero-order valence-electron chi connectivity index (χ0n) is 10.0. The van der Waals surface area contributed by atoms with E-state index in [2.05, 4.69) is 15.9 Å². The minimum absolute atomic E-state index is 0.110. The smallest absolute Gasteiger partial charge is 0.137 e. The van der Waals surface area contributed by atoms with Gasteiger partial charge in [0.2, 0.25) is 0 Å². The van der Waals surface area contributed by atoms with Crippen LogP contribution in [0.25, 0.3) is 0 Å². The largest absolute Gasteiger partial charge is 0.206 e. The average Bonchev–Trinajstić information content (AvgIpc) is 2.40. The molecule has 2 aromatic rings. The van der Waals surface area contributed by atoms with Crippen molar-refractivity contribution in [2.45, 2.75) is 12.3 Å². The van der Waals surface area contributed by atoms with Crippen LogP contribution in [0.3, 0.4) is 0 Å². The molecular formula is C15H12BrCl2F. The van der Waals surface area contributed by atoms with Gasteiger partial charge in [0.25, 0.3) is 0 Å². The molecule has 0 aliphatic carbocycles. The maximum absolute atomic E-state index is 13.5. The Bertz CT molecular complexity index is 572. The number of benzene rings is 2. The Morgan fingerprint density at radius 3 is 2.58 bits per heavy atom. The molecule has 100 valence electrons. The Labute approximate surface area is 130 Å². The van der Waals surface area contributed by atoms with Crippen LogP contribution < -0.4 is 0 Å². The topological polar surface area (TPSA) is 0 Å². The molecule has 19 heavy (non-hydrogen) atoms. The number of halogens is 4. The van der Waals surface area contributed by atoms with Gasteiger partial charge >= 0.3 is 0 Å².